The number of nitrogens with one attached hydrogen (secondary N) is 1. The van der Waals surface area contributed by atoms with Crippen molar-refractivity contribution in [3.63, 3.8) is 0 Å². The summed E-state index contributed by atoms with van der Waals surface area (Å²) in [5, 5.41) is 13.2. The SMILES string of the molecule is CC(C)(C)N[C@@H]1COC(C)(C)OC[C@H]1O. The van der Waals surface area contributed by atoms with Gasteiger partial charge in [-0.3, -0.25) is 0 Å². The first-order valence-corrected chi connectivity index (χ1v) is 5.43. The van der Waals surface area contributed by atoms with Gasteiger partial charge in [0, 0.05) is 5.54 Å². The van der Waals surface area contributed by atoms with Crippen molar-refractivity contribution in [3.05, 3.63) is 0 Å². The van der Waals surface area contributed by atoms with E-state index in [1.807, 2.05) is 13.8 Å². The van der Waals surface area contributed by atoms with Gasteiger partial charge in [0.05, 0.1) is 25.4 Å². The van der Waals surface area contributed by atoms with Crippen molar-refractivity contribution >= 4 is 0 Å². The first kappa shape index (κ1) is 12.9. The number of rotatable bonds is 1. The lowest BCUT2D eigenvalue weighted by Crippen LogP contribution is -2.52. The molecule has 2 N–H and O–H groups in total. The van der Waals surface area contributed by atoms with Gasteiger partial charge in [-0.05, 0) is 34.6 Å². The maximum Gasteiger partial charge on any atom is 0.162 e. The zero-order valence-corrected chi connectivity index (χ0v) is 10.3. The molecule has 4 heteroatoms. The molecule has 15 heavy (non-hydrogen) atoms. The minimum absolute atomic E-state index is 0.0382. The molecule has 2 atom stereocenters. The lowest BCUT2D eigenvalue weighted by Gasteiger charge is -2.29. The monoisotopic (exact) mass is 217 g/mol. The van der Waals surface area contributed by atoms with Crippen molar-refractivity contribution in [3.8, 4) is 0 Å². The molecule has 0 aliphatic carbocycles. The molecule has 0 amide bonds. The number of aliphatic hydroxyl groups is 1. The molecule has 0 spiro atoms. The van der Waals surface area contributed by atoms with E-state index in [0.717, 1.165) is 0 Å². The molecule has 0 aromatic carbocycles. The maximum absolute atomic E-state index is 9.88. The summed E-state index contributed by atoms with van der Waals surface area (Å²) in [7, 11) is 0. The molecular weight excluding hydrogens is 194 g/mol. The number of aliphatic hydroxyl groups excluding tert-OH is 1. The summed E-state index contributed by atoms with van der Waals surface area (Å²) in [5.41, 5.74) is -0.0382. The quantitative estimate of drug-likeness (QED) is 0.685. The fourth-order valence-corrected chi connectivity index (χ4v) is 1.54. The van der Waals surface area contributed by atoms with Crippen LogP contribution in [0, 0.1) is 0 Å². The third-order valence-corrected chi connectivity index (χ3v) is 2.30. The molecule has 1 aliphatic rings. The fraction of sp³-hybridized carbons (Fsp3) is 1.00. The number of hydrogen-bond donors (Lipinski definition) is 2. The van der Waals surface area contributed by atoms with Crippen LogP contribution >= 0.6 is 0 Å². The molecule has 0 aromatic heterocycles. The van der Waals surface area contributed by atoms with E-state index in [0.29, 0.717) is 13.2 Å². The molecule has 0 bridgehead atoms. The van der Waals surface area contributed by atoms with Crippen LogP contribution in [0.2, 0.25) is 0 Å². The van der Waals surface area contributed by atoms with Gasteiger partial charge in [-0.2, -0.15) is 0 Å². The molecule has 0 radical (unpaired) electrons. The predicted molar refractivity (Wildman–Crippen MR) is 58.7 cm³/mol. The van der Waals surface area contributed by atoms with E-state index in [2.05, 4.69) is 26.1 Å². The third-order valence-electron chi connectivity index (χ3n) is 2.30. The van der Waals surface area contributed by atoms with Crippen LogP contribution in [0.5, 0.6) is 0 Å². The Labute approximate surface area is 92.0 Å². The molecule has 1 fully saturated rings. The van der Waals surface area contributed by atoms with Crippen molar-refractivity contribution in [1.29, 1.82) is 0 Å². The van der Waals surface area contributed by atoms with Crippen LogP contribution in [-0.2, 0) is 9.47 Å². The Balaban J connectivity index is 2.58. The molecule has 1 aliphatic heterocycles. The first-order chi connectivity index (χ1) is 6.70. The normalized spacial score (nSPS) is 32.4. The standard InChI is InChI=1S/C11H23NO3/c1-10(2,3)12-8-6-14-11(4,5)15-7-9(8)13/h8-9,12-13H,6-7H2,1-5H3/t8-,9-/m1/s1. The summed E-state index contributed by atoms with van der Waals surface area (Å²) >= 11 is 0. The summed E-state index contributed by atoms with van der Waals surface area (Å²) in [6.07, 6.45) is -0.522. The Morgan fingerprint density at radius 1 is 1.20 bits per heavy atom. The average Bonchev–Trinajstić information content (AvgIpc) is 2.16. The van der Waals surface area contributed by atoms with Gasteiger partial charge in [-0.15, -0.1) is 0 Å². The second-order valence-electron chi connectivity index (χ2n) is 5.59. The Morgan fingerprint density at radius 3 is 2.27 bits per heavy atom. The van der Waals surface area contributed by atoms with E-state index < -0.39 is 11.9 Å². The van der Waals surface area contributed by atoms with Gasteiger partial charge in [0.15, 0.2) is 5.79 Å². The van der Waals surface area contributed by atoms with Crippen molar-refractivity contribution in [2.75, 3.05) is 13.2 Å². The molecule has 0 aromatic rings. The van der Waals surface area contributed by atoms with Gasteiger partial charge in [0.1, 0.15) is 0 Å². The van der Waals surface area contributed by atoms with Gasteiger partial charge in [-0.25, -0.2) is 0 Å². The van der Waals surface area contributed by atoms with E-state index in [1.165, 1.54) is 0 Å². The highest BCUT2D eigenvalue weighted by atomic mass is 16.7. The second kappa shape index (κ2) is 4.37. The lowest BCUT2D eigenvalue weighted by molar-refractivity contribution is -0.203. The Hall–Kier alpha value is -0.160. The van der Waals surface area contributed by atoms with Gasteiger partial charge in [-0.1, -0.05) is 0 Å². The average molecular weight is 217 g/mol. The van der Waals surface area contributed by atoms with Crippen molar-refractivity contribution < 1.29 is 14.6 Å². The smallest absolute Gasteiger partial charge is 0.162 e. The van der Waals surface area contributed by atoms with E-state index in [1.54, 1.807) is 0 Å². The van der Waals surface area contributed by atoms with Gasteiger partial charge in [0.25, 0.3) is 0 Å². The topological polar surface area (TPSA) is 50.7 Å². The molecule has 1 rings (SSSR count). The zero-order chi connectivity index (χ0) is 11.7. The number of hydrogen-bond acceptors (Lipinski definition) is 4. The van der Waals surface area contributed by atoms with Gasteiger partial charge >= 0.3 is 0 Å². The summed E-state index contributed by atoms with van der Waals surface area (Å²) < 4.78 is 11.0. The van der Waals surface area contributed by atoms with Crippen LogP contribution in [0.3, 0.4) is 0 Å². The lowest BCUT2D eigenvalue weighted by atomic mass is 10.0. The van der Waals surface area contributed by atoms with Crippen LogP contribution in [0.1, 0.15) is 34.6 Å². The summed E-state index contributed by atoms with van der Waals surface area (Å²) in [6.45, 7) is 10.7. The van der Waals surface area contributed by atoms with Crippen LogP contribution in [-0.4, -0.2) is 41.8 Å². The molecular formula is C11H23NO3. The maximum atomic E-state index is 9.88. The van der Waals surface area contributed by atoms with Crippen molar-refractivity contribution in [1.82, 2.24) is 5.32 Å². The second-order valence-corrected chi connectivity index (χ2v) is 5.59. The fourth-order valence-electron chi connectivity index (χ4n) is 1.54. The Morgan fingerprint density at radius 2 is 1.73 bits per heavy atom. The van der Waals surface area contributed by atoms with Gasteiger partial charge in [0.2, 0.25) is 0 Å². The molecule has 0 unspecified atom stereocenters. The van der Waals surface area contributed by atoms with E-state index in [4.69, 9.17) is 9.47 Å². The highest BCUT2D eigenvalue weighted by molar-refractivity contribution is 4.85. The third kappa shape index (κ3) is 4.47. The van der Waals surface area contributed by atoms with E-state index in [9.17, 15) is 5.11 Å². The van der Waals surface area contributed by atoms with Crippen LogP contribution in [0.25, 0.3) is 0 Å². The largest absolute Gasteiger partial charge is 0.389 e. The van der Waals surface area contributed by atoms with Gasteiger partial charge < -0.3 is 19.9 Å². The zero-order valence-electron chi connectivity index (χ0n) is 10.3. The molecule has 1 saturated heterocycles. The van der Waals surface area contributed by atoms with Crippen molar-refractivity contribution in [2.24, 2.45) is 0 Å². The molecule has 4 nitrogen and oxygen atoms in total. The van der Waals surface area contributed by atoms with Crippen molar-refractivity contribution in [2.45, 2.75) is 58.1 Å². The first-order valence-electron chi connectivity index (χ1n) is 5.43. The highest BCUT2D eigenvalue weighted by Crippen LogP contribution is 2.18. The van der Waals surface area contributed by atoms with E-state index in [-0.39, 0.29) is 11.6 Å². The number of ether oxygens (including phenoxy) is 2. The summed E-state index contributed by atoms with van der Waals surface area (Å²) in [4.78, 5) is 0. The van der Waals surface area contributed by atoms with E-state index >= 15 is 0 Å². The highest BCUT2D eigenvalue weighted by Gasteiger charge is 2.32. The van der Waals surface area contributed by atoms with Crippen LogP contribution in [0.15, 0.2) is 0 Å². The Bertz CT molecular complexity index is 210. The minimum Gasteiger partial charge on any atom is -0.389 e. The van der Waals surface area contributed by atoms with Crippen LogP contribution in [0.4, 0.5) is 0 Å². The minimum atomic E-state index is -0.602. The summed E-state index contributed by atoms with van der Waals surface area (Å²) in [5.74, 6) is -0.602. The summed E-state index contributed by atoms with van der Waals surface area (Å²) in [6, 6.07) is -0.0771. The predicted octanol–water partition coefficient (Wildman–Crippen LogP) is 0.887. The molecule has 1 heterocycles. The Kier molecular flexibility index (Phi) is 3.76. The molecule has 0 saturated carbocycles. The van der Waals surface area contributed by atoms with Crippen LogP contribution < -0.4 is 5.32 Å². The molecule has 90 valence electrons.